The lowest BCUT2D eigenvalue weighted by Gasteiger charge is -2.20. The summed E-state index contributed by atoms with van der Waals surface area (Å²) in [5, 5.41) is 0. The highest BCUT2D eigenvalue weighted by atomic mass is 16.5. The lowest BCUT2D eigenvalue weighted by atomic mass is 9.84. The van der Waals surface area contributed by atoms with Crippen molar-refractivity contribution < 1.29 is 9.53 Å². The summed E-state index contributed by atoms with van der Waals surface area (Å²) in [6, 6.07) is 7.56. The maximum atomic E-state index is 12.2. The van der Waals surface area contributed by atoms with Crippen LogP contribution < -0.4 is 4.74 Å². The van der Waals surface area contributed by atoms with Crippen molar-refractivity contribution in [3.8, 4) is 5.75 Å². The second-order valence-corrected chi connectivity index (χ2v) is 4.66. The predicted octanol–water partition coefficient (Wildman–Crippen LogP) is 3.85. The van der Waals surface area contributed by atoms with Crippen LogP contribution in [-0.4, -0.2) is 12.4 Å². The predicted molar refractivity (Wildman–Crippen MR) is 68.5 cm³/mol. The van der Waals surface area contributed by atoms with Crippen LogP contribution in [0.15, 0.2) is 24.3 Å². The second kappa shape index (κ2) is 5.85. The normalized spacial score (nSPS) is 16.8. The molecule has 92 valence electrons. The highest BCUT2D eigenvalue weighted by molar-refractivity contribution is 5.97. The van der Waals surface area contributed by atoms with Gasteiger partial charge in [-0.2, -0.15) is 0 Å². The number of hydrogen-bond donors (Lipinski definition) is 0. The zero-order valence-electron chi connectivity index (χ0n) is 10.4. The van der Waals surface area contributed by atoms with Gasteiger partial charge in [-0.1, -0.05) is 19.3 Å². The van der Waals surface area contributed by atoms with Gasteiger partial charge in [0.15, 0.2) is 5.78 Å². The van der Waals surface area contributed by atoms with Crippen molar-refractivity contribution >= 4 is 5.78 Å². The van der Waals surface area contributed by atoms with Gasteiger partial charge in [0.25, 0.3) is 0 Å². The van der Waals surface area contributed by atoms with Gasteiger partial charge < -0.3 is 4.74 Å². The van der Waals surface area contributed by atoms with Crippen molar-refractivity contribution in [1.29, 1.82) is 0 Å². The smallest absolute Gasteiger partial charge is 0.165 e. The molecule has 0 atom stereocenters. The van der Waals surface area contributed by atoms with Gasteiger partial charge in [0.2, 0.25) is 0 Å². The third kappa shape index (κ3) is 3.09. The zero-order valence-corrected chi connectivity index (χ0v) is 10.4. The van der Waals surface area contributed by atoms with Crippen molar-refractivity contribution in [2.45, 2.75) is 39.0 Å². The van der Waals surface area contributed by atoms with E-state index in [1.165, 1.54) is 19.3 Å². The molecule has 0 spiro atoms. The minimum Gasteiger partial charge on any atom is -0.494 e. The van der Waals surface area contributed by atoms with E-state index in [1.54, 1.807) is 0 Å². The third-order valence-electron chi connectivity index (χ3n) is 3.43. The molecule has 0 unspecified atom stereocenters. The Kier molecular flexibility index (Phi) is 4.18. The lowest BCUT2D eigenvalue weighted by Crippen LogP contribution is -2.17. The first-order valence-electron chi connectivity index (χ1n) is 6.58. The van der Waals surface area contributed by atoms with Crippen LogP contribution in [0.1, 0.15) is 49.4 Å². The first-order chi connectivity index (χ1) is 8.31. The summed E-state index contributed by atoms with van der Waals surface area (Å²) in [4.78, 5) is 12.2. The first kappa shape index (κ1) is 12.2. The average molecular weight is 232 g/mol. The molecule has 0 bridgehead atoms. The van der Waals surface area contributed by atoms with E-state index < -0.39 is 0 Å². The Morgan fingerprint density at radius 3 is 2.41 bits per heavy atom. The number of ether oxygens (including phenoxy) is 1. The van der Waals surface area contributed by atoms with Crippen LogP contribution in [0.4, 0.5) is 0 Å². The number of hydrogen-bond acceptors (Lipinski definition) is 2. The molecule has 0 heterocycles. The Bertz CT molecular complexity index is 361. The number of rotatable bonds is 4. The molecule has 1 saturated carbocycles. The third-order valence-corrected chi connectivity index (χ3v) is 3.43. The Hall–Kier alpha value is -1.31. The molecule has 0 saturated heterocycles. The van der Waals surface area contributed by atoms with Gasteiger partial charge in [0.05, 0.1) is 6.61 Å². The average Bonchev–Trinajstić information content (AvgIpc) is 2.40. The number of carbonyl (C=O) groups excluding carboxylic acids is 1. The Morgan fingerprint density at radius 2 is 1.82 bits per heavy atom. The molecule has 2 rings (SSSR count). The van der Waals surface area contributed by atoms with E-state index in [9.17, 15) is 4.79 Å². The van der Waals surface area contributed by atoms with Gasteiger partial charge in [-0.05, 0) is 44.0 Å². The monoisotopic (exact) mass is 232 g/mol. The number of Topliss-reactive ketones (excluding diaryl/α,β-unsaturated/α-hetero) is 1. The number of ketones is 1. The van der Waals surface area contributed by atoms with Gasteiger partial charge in [0.1, 0.15) is 5.75 Å². The summed E-state index contributed by atoms with van der Waals surface area (Å²) < 4.78 is 5.37. The van der Waals surface area contributed by atoms with E-state index >= 15 is 0 Å². The zero-order chi connectivity index (χ0) is 12.1. The fourth-order valence-electron chi connectivity index (χ4n) is 2.48. The van der Waals surface area contributed by atoms with Gasteiger partial charge in [-0.25, -0.2) is 0 Å². The standard InChI is InChI=1S/C15H20O2/c1-2-17-14-10-8-13(9-11-14)15(16)12-6-4-3-5-7-12/h8-12H,2-7H2,1H3. The van der Waals surface area contributed by atoms with Crippen LogP contribution in [0.3, 0.4) is 0 Å². The number of carbonyl (C=O) groups is 1. The summed E-state index contributed by atoms with van der Waals surface area (Å²) in [7, 11) is 0. The highest BCUT2D eigenvalue weighted by Gasteiger charge is 2.22. The molecule has 1 aliphatic rings. The second-order valence-electron chi connectivity index (χ2n) is 4.66. The first-order valence-corrected chi connectivity index (χ1v) is 6.58. The van der Waals surface area contributed by atoms with Gasteiger partial charge >= 0.3 is 0 Å². The number of benzene rings is 1. The highest BCUT2D eigenvalue weighted by Crippen LogP contribution is 2.27. The molecule has 0 aliphatic heterocycles. The molecule has 0 radical (unpaired) electrons. The van der Waals surface area contributed by atoms with Crippen molar-refractivity contribution in [2.75, 3.05) is 6.61 Å². The van der Waals surface area contributed by atoms with Gasteiger partial charge in [-0.3, -0.25) is 4.79 Å². The molecule has 1 fully saturated rings. The molecular weight excluding hydrogens is 212 g/mol. The van der Waals surface area contributed by atoms with Crippen molar-refractivity contribution in [1.82, 2.24) is 0 Å². The molecule has 2 nitrogen and oxygen atoms in total. The van der Waals surface area contributed by atoms with Crippen molar-refractivity contribution in [3.63, 3.8) is 0 Å². The van der Waals surface area contributed by atoms with E-state index in [0.717, 1.165) is 24.2 Å². The van der Waals surface area contributed by atoms with E-state index in [0.29, 0.717) is 12.4 Å². The molecule has 0 aromatic heterocycles. The molecule has 1 aromatic carbocycles. The van der Waals surface area contributed by atoms with E-state index in [1.807, 2.05) is 31.2 Å². The van der Waals surface area contributed by atoms with E-state index in [2.05, 4.69) is 0 Å². The fourth-order valence-corrected chi connectivity index (χ4v) is 2.48. The van der Waals surface area contributed by atoms with E-state index in [4.69, 9.17) is 4.74 Å². The Balaban J connectivity index is 2.03. The minimum atomic E-state index is 0.252. The maximum absolute atomic E-state index is 12.2. The quantitative estimate of drug-likeness (QED) is 0.737. The van der Waals surface area contributed by atoms with Crippen molar-refractivity contribution in [3.05, 3.63) is 29.8 Å². The van der Waals surface area contributed by atoms with Crippen LogP contribution in [0, 0.1) is 5.92 Å². The molecule has 1 aliphatic carbocycles. The molecule has 17 heavy (non-hydrogen) atoms. The van der Waals surface area contributed by atoms with Crippen LogP contribution in [-0.2, 0) is 0 Å². The molecular formula is C15H20O2. The molecule has 1 aromatic rings. The lowest BCUT2D eigenvalue weighted by molar-refractivity contribution is 0.0889. The Morgan fingerprint density at radius 1 is 1.18 bits per heavy atom. The maximum Gasteiger partial charge on any atom is 0.165 e. The summed E-state index contributed by atoms with van der Waals surface area (Å²) in [5.74, 6) is 1.40. The SMILES string of the molecule is CCOc1ccc(C(=O)C2CCCCC2)cc1. The minimum absolute atomic E-state index is 0.252. The summed E-state index contributed by atoms with van der Waals surface area (Å²) >= 11 is 0. The molecule has 2 heteroatoms. The van der Waals surface area contributed by atoms with Crippen LogP contribution in [0.25, 0.3) is 0 Å². The van der Waals surface area contributed by atoms with E-state index in [-0.39, 0.29) is 5.92 Å². The Labute approximate surface area is 103 Å². The van der Waals surface area contributed by atoms with Crippen LogP contribution in [0.2, 0.25) is 0 Å². The fraction of sp³-hybridized carbons (Fsp3) is 0.533. The summed E-state index contributed by atoms with van der Waals surface area (Å²) in [6.45, 7) is 2.62. The van der Waals surface area contributed by atoms with Gasteiger partial charge in [-0.15, -0.1) is 0 Å². The summed E-state index contributed by atoms with van der Waals surface area (Å²) in [5.41, 5.74) is 0.834. The van der Waals surface area contributed by atoms with Crippen LogP contribution >= 0.6 is 0 Å². The van der Waals surface area contributed by atoms with Crippen LogP contribution in [0.5, 0.6) is 5.75 Å². The topological polar surface area (TPSA) is 26.3 Å². The van der Waals surface area contributed by atoms with Crippen molar-refractivity contribution in [2.24, 2.45) is 5.92 Å². The summed E-state index contributed by atoms with van der Waals surface area (Å²) in [6.07, 6.45) is 5.81. The van der Waals surface area contributed by atoms with Gasteiger partial charge in [0, 0.05) is 11.5 Å². The largest absolute Gasteiger partial charge is 0.494 e. The molecule has 0 N–H and O–H groups in total. The molecule has 0 amide bonds.